The number of carbonyl (C=O) groups excluding carboxylic acids is 1. The van der Waals surface area contributed by atoms with Gasteiger partial charge in [-0.25, -0.2) is 0 Å². The molecule has 2 nitrogen and oxygen atoms in total. The summed E-state index contributed by atoms with van der Waals surface area (Å²) in [6, 6.07) is 0. The van der Waals surface area contributed by atoms with Gasteiger partial charge in [0.1, 0.15) is 0 Å². The highest BCUT2D eigenvalue weighted by molar-refractivity contribution is 14.1. The highest BCUT2D eigenvalue weighted by atomic mass is 127. The first-order chi connectivity index (χ1) is 4.20. The Morgan fingerprint density at radius 2 is 2.33 bits per heavy atom. The molecule has 0 saturated heterocycles. The number of esters is 1. The van der Waals surface area contributed by atoms with Crippen LogP contribution in [0.4, 0.5) is 0 Å². The largest absolute Gasteiger partial charge is 0.469 e. The van der Waals surface area contributed by atoms with E-state index in [1.165, 1.54) is 7.11 Å². The maximum absolute atomic E-state index is 10.6. The molecule has 0 aromatic carbocycles. The van der Waals surface area contributed by atoms with E-state index in [0.29, 0.717) is 12.3 Å². The van der Waals surface area contributed by atoms with Crippen molar-refractivity contribution in [1.82, 2.24) is 0 Å². The van der Waals surface area contributed by atoms with Crippen LogP contribution in [0.25, 0.3) is 0 Å². The van der Waals surface area contributed by atoms with E-state index in [1.807, 2.05) is 6.92 Å². The van der Waals surface area contributed by atoms with Gasteiger partial charge in [-0.15, -0.1) is 0 Å². The molecule has 0 spiro atoms. The zero-order chi connectivity index (χ0) is 7.28. The monoisotopic (exact) mass is 242 g/mol. The highest BCUT2D eigenvalue weighted by Crippen LogP contribution is 2.05. The zero-order valence-corrected chi connectivity index (χ0v) is 7.84. The van der Waals surface area contributed by atoms with Gasteiger partial charge >= 0.3 is 5.97 Å². The van der Waals surface area contributed by atoms with E-state index in [-0.39, 0.29) is 5.97 Å². The minimum Gasteiger partial charge on any atom is -0.469 e. The predicted molar refractivity (Wildman–Crippen MR) is 44.7 cm³/mol. The fourth-order valence-electron chi connectivity index (χ4n) is 0.422. The molecule has 0 unspecified atom stereocenters. The normalized spacial score (nSPS) is 12.8. The molecular weight excluding hydrogens is 231 g/mol. The van der Waals surface area contributed by atoms with Crippen molar-refractivity contribution < 1.29 is 9.53 Å². The Bertz CT molecular complexity index is 93.1. The molecule has 0 amide bonds. The van der Waals surface area contributed by atoms with Crippen molar-refractivity contribution in [2.24, 2.45) is 5.92 Å². The second-order valence-electron chi connectivity index (χ2n) is 2.04. The summed E-state index contributed by atoms with van der Waals surface area (Å²) in [5, 5.41) is 0. The molecule has 0 rings (SSSR count). The third-order valence-electron chi connectivity index (χ3n) is 1.01. The molecular formula is C6H11IO2. The fourth-order valence-corrected chi connectivity index (χ4v) is 0.734. The van der Waals surface area contributed by atoms with Gasteiger partial charge in [-0.2, -0.15) is 0 Å². The lowest BCUT2D eigenvalue weighted by Gasteiger charge is -2.03. The van der Waals surface area contributed by atoms with Crippen LogP contribution in [0.3, 0.4) is 0 Å². The van der Waals surface area contributed by atoms with Crippen LogP contribution in [0.1, 0.15) is 13.3 Å². The van der Waals surface area contributed by atoms with Crippen LogP contribution in [-0.2, 0) is 9.53 Å². The molecule has 0 saturated carbocycles. The molecule has 1 atom stereocenters. The average Bonchev–Trinajstić information content (AvgIpc) is 1.87. The number of hydrogen-bond acceptors (Lipinski definition) is 2. The smallest absolute Gasteiger partial charge is 0.305 e. The zero-order valence-electron chi connectivity index (χ0n) is 5.69. The predicted octanol–water partition coefficient (Wildman–Crippen LogP) is 1.62. The fraction of sp³-hybridized carbons (Fsp3) is 0.833. The Morgan fingerprint density at radius 1 is 1.78 bits per heavy atom. The van der Waals surface area contributed by atoms with E-state index in [0.717, 1.165) is 4.43 Å². The van der Waals surface area contributed by atoms with Gasteiger partial charge in [0.25, 0.3) is 0 Å². The maximum atomic E-state index is 10.6. The second-order valence-corrected chi connectivity index (χ2v) is 2.92. The van der Waals surface area contributed by atoms with E-state index in [9.17, 15) is 4.79 Å². The van der Waals surface area contributed by atoms with Crippen LogP contribution in [0.5, 0.6) is 0 Å². The van der Waals surface area contributed by atoms with Crippen LogP contribution >= 0.6 is 22.6 Å². The molecule has 3 heteroatoms. The molecule has 54 valence electrons. The Morgan fingerprint density at radius 3 is 2.67 bits per heavy atom. The molecule has 0 bridgehead atoms. The first kappa shape index (κ1) is 9.20. The van der Waals surface area contributed by atoms with Gasteiger partial charge in [0, 0.05) is 10.8 Å². The maximum Gasteiger partial charge on any atom is 0.305 e. The van der Waals surface area contributed by atoms with Crippen molar-refractivity contribution in [3.8, 4) is 0 Å². The van der Waals surface area contributed by atoms with Crippen molar-refractivity contribution in [2.75, 3.05) is 11.5 Å². The van der Waals surface area contributed by atoms with Gasteiger partial charge in [0.2, 0.25) is 0 Å². The van der Waals surface area contributed by atoms with E-state index < -0.39 is 0 Å². The van der Waals surface area contributed by atoms with Crippen molar-refractivity contribution in [2.45, 2.75) is 13.3 Å². The molecule has 0 aliphatic carbocycles. The number of rotatable bonds is 3. The van der Waals surface area contributed by atoms with Gasteiger partial charge in [-0.3, -0.25) is 4.79 Å². The Kier molecular flexibility index (Phi) is 5.13. The summed E-state index contributed by atoms with van der Waals surface area (Å²) < 4.78 is 5.49. The molecule has 0 aliphatic rings. The van der Waals surface area contributed by atoms with Crippen LogP contribution in [-0.4, -0.2) is 17.5 Å². The molecule has 0 heterocycles. The van der Waals surface area contributed by atoms with Crippen LogP contribution in [0, 0.1) is 5.92 Å². The summed E-state index contributed by atoms with van der Waals surface area (Å²) in [6.45, 7) is 2.03. The molecule has 0 aliphatic heterocycles. The van der Waals surface area contributed by atoms with Gasteiger partial charge in [0.05, 0.1) is 7.11 Å². The third-order valence-corrected chi connectivity index (χ3v) is 2.51. The lowest BCUT2D eigenvalue weighted by atomic mass is 10.1. The quantitative estimate of drug-likeness (QED) is 0.427. The van der Waals surface area contributed by atoms with Gasteiger partial charge in [-0.1, -0.05) is 29.5 Å². The Balaban J connectivity index is 3.34. The van der Waals surface area contributed by atoms with E-state index in [1.54, 1.807) is 0 Å². The van der Waals surface area contributed by atoms with Gasteiger partial charge < -0.3 is 4.74 Å². The molecule has 0 fully saturated rings. The topological polar surface area (TPSA) is 26.3 Å². The number of methoxy groups -OCH3 is 1. The van der Waals surface area contributed by atoms with Crippen LogP contribution in [0.15, 0.2) is 0 Å². The Labute approximate surface area is 69.1 Å². The summed E-state index contributed by atoms with van der Waals surface area (Å²) in [6.07, 6.45) is 0.541. The van der Waals surface area contributed by atoms with Crippen molar-refractivity contribution in [3.05, 3.63) is 0 Å². The SMILES string of the molecule is COC(=O)C[C@H](C)CI. The summed E-state index contributed by atoms with van der Waals surface area (Å²) in [7, 11) is 1.42. The van der Waals surface area contributed by atoms with E-state index in [4.69, 9.17) is 0 Å². The number of hydrogen-bond donors (Lipinski definition) is 0. The summed E-state index contributed by atoms with van der Waals surface area (Å²) >= 11 is 2.26. The Hall–Kier alpha value is 0.200. The first-order valence-corrected chi connectivity index (χ1v) is 4.36. The van der Waals surface area contributed by atoms with Crippen molar-refractivity contribution in [1.29, 1.82) is 0 Å². The molecule has 9 heavy (non-hydrogen) atoms. The summed E-state index contributed by atoms with van der Waals surface area (Å²) in [5.41, 5.74) is 0. The highest BCUT2D eigenvalue weighted by Gasteiger charge is 2.05. The molecule has 0 aromatic heterocycles. The molecule has 0 radical (unpaired) electrons. The number of halogens is 1. The lowest BCUT2D eigenvalue weighted by Crippen LogP contribution is -2.07. The van der Waals surface area contributed by atoms with Crippen LogP contribution < -0.4 is 0 Å². The summed E-state index contributed by atoms with van der Waals surface area (Å²) in [4.78, 5) is 10.6. The van der Waals surface area contributed by atoms with Crippen molar-refractivity contribution in [3.63, 3.8) is 0 Å². The first-order valence-electron chi connectivity index (χ1n) is 2.83. The van der Waals surface area contributed by atoms with Gasteiger partial charge in [-0.05, 0) is 5.92 Å². The standard InChI is InChI=1S/C6H11IO2/c1-5(4-7)3-6(8)9-2/h5H,3-4H2,1-2H3/t5-/m0/s1. The second kappa shape index (κ2) is 5.02. The lowest BCUT2D eigenvalue weighted by molar-refractivity contribution is -0.141. The van der Waals surface area contributed by atoms with Crippen molar-refractivity contribution >= 4 is 28.6 Å². The van der Waals surface area contributed by atoms with E-state index >= 15 is 0 Å². The molecule has 0 N–H and O–H groups in total. The summed E-state index contributed by atoms with van der Waals surface area (Å²) in [5.74, 6) is 0.331. The minimum atomic E-state index is -0.112. The van der Waals surface area contributed by atoms with Crippen LogP contribution in [0.2, 0.25) is 0 Å². The van der Waals surface area contributed by atoms with Gasteiger partial charge in [0.15, 0.2) is 0 Å². The third kappa shape index (κ3) is 4.69. The average molecular weight is 242 g/mol. The van der Waals surface area contributed by atoms with E-state index in [2.05, 4.69) is 27.3 Å². The number of alkyl halides is 1. The number of carbonyl (C=O) groups is 1. The molecule has 0 aromatic rings. The minimum absolute atomic E-state index is 0.112. The number of ether oxygens (including phenoxy) is 1.